The highest BCUT2D eigenvalue weighted by Crippen LogP contribution is 2.31. The smallest absolute Gasteiger partial charge is 0.257 e. The molecule has 0 N–H and O–H groups in total. The first-order valence-electron chi connectivity index (χ1n) is 9.06. The van der Waals surface area contributed by atoms with Crippen LogP contribution in [0.15, 0.2) is 46.9 Å². The van der Waals surface area contributed by atoms with Gasteiger partial charge in [-0.15, -0.1) is 0 Å². The van der Waals surface area contributed by atoms with Gasteiger partial charge in [0, 0.05) is 30.7 Å². The fourth-order valence-corrected chi connectivity index (χ4v) is 3.76. The van der Waals surface area contributed by atoms with Gasteiger partial charge >= 0.3 is 0 Å². The summed E-state index contributed by atoms with van der Waals surface area (Å²) in [6, 6.07) is 13.0. The van der Waals surface area contributed by atoms with Crippen molar-refractivity contribution in [1.29, 1.82) is 0 Å². The van der Waals surface area contributed by atoms with Crippen LogP contribution in [-0.4, -0.2) is 62.0 Å². The van der Waals surface area contributed by atoms with Gasteiger partial charge in [-0.05, 0) is 29.8 Å². The van der Waals surface area contributed by atoms with Crippen LogP contribution in [0.4, 0.5) is 0 Å². The zero-order valence-corrected chi connectivity index (χ0v) is 17.6. The van der Waals surface area contributed by atoms with Gasteiger partial charge in [0.1, 0.15) is 0 Å². The molecule has 1 heterocycles. The highest BCUT2D eigenvalue weighted by Gasteiger charge is 2.27. The van der Waals surface area contributed by atoms with Crippen molar-refractivity contribution in [3.05, 3.63) is 58.1 Å². The minimum Gasteiger partial charge on any atom is -0.493 e. The van der Waals surface area contributed by atoms with Crippen LogP contribution in [-0.2, 0) is 11.2 Å². The van der Waals surface area contributed by atoms with Crippen molar-refractivity contribution in [3.63, 3.8) is 0 Å². The van der Waals surface area contributed by atoms with Crippen LogP contribution in [0.3, 0.4) is 0 Å². The zero-order chi connectivity index (χ0) is 20.1. The Labute approximate surface area is 173 Å². The van der Waals surface area contributed by atoms with Gasteiger partial charge in [-0.25, -0.2) is 0 Å². The Hall–Kier alpha value is -2.54. The largest absolute Gasteiger partial charge is 0.493 e. The van der Waals surface area contributed by atoms with Crippen molar-refractivity contribution in [2.24, 2.45) is 0 Å². The number of para-hydroxylation sites is 1. The number of methoxy groups -OCH3 is 2. The second-order valence-corrected chi connectivity index (χ2v) is 7.44. The summed E-state index contributed by atoms with van der Waals surface area (Å²) in [6.45, 7) is 2.02. The van der Waals surface area contributed by atoms with Gasteiger partial charge in [0.15, 0.2) is 11.5 Å². The Morgan fingerprint density at radius 2 is 1.64 bits per heavy atom. The van der Waals surface area contributed by atoms with E-state index in [1.165, 1.54) is 7.11 Å². The molecule has 2 aromatic rings. The molecule has 0 aliphatic carbocycles. The van der Waals surface area contributed by atoms with E-state index in [-0.39, 0.29) is 11.8 Å². The van der Waals surface area contributed by atoms with Crippen LogP contribution < -0.4 is 9.47 Å². The average Bonchev–Trinajstić information content (AvgIpc) is 2.72. The molecule has 1 fully saturated rings. The van der Waals surface area contributed by atoms with Gasteiger partial charge in [-0.1, -0.05) is 34.1 Å². The summed E-state index contributed by atoms with van der Waals surface area (Å²) in [5.41, 5.74) is 1.44. The van der Waals surface area contributed by atoms with Crippen molar-refractivity contribution in [1.82, 2.24) is 9.80 Å². The predicted molar refractivity (Wildman–Crippen MR) is 110 cm³/mol. The fourth-order valence-electron chi connectivity index (χ4n) is 3.32. The number of amides is 2. The molecule has 1 aliphatic heterocycles. The van der Waals surface area contributed by atoms with Gasteiger partial charge in [0.25, 0.3) is 5.91 Å². The number of rotatable bonds is 5. The van der Waals surface area contributed by atoms with Crippen molar-refractivity contribution in [2.45, 2.75) is 6.42 Å². The standard InChI is InChI=1S/C21H23BrN2O4/c1-27-18-8-4-7-17(20(18)28-2)21(26)24-11-9-23(10-12-24)19(25)14-15-5-3-6-16(22)13-15/h3-8,13H,9-12,14H2,1-2H3. The Morgan fingerprint density at radius 1 is 0.964 bits per heavy atom. The van der Waals surface area contributed by atoms with Crippen molar-refractivity contribution >= 4 is 27.7 Å². The molecule has 1 aliphatic rings. The molecule has 0 atom stereocenters. The normalized spacial score (nSPS) is 14.0. The molecule has 6 nitrogen and oxygen atoms in total. The van der Waals surface area contributed by atoms with E-state index in [1.807, 2.05) is 29.2 Å². The molecule has 7 heteroatoms. The number of benzene rings is 2. The third-order valence-electron chi connectivity index (χ3n) is 4.80. The highest BCUT2D eigenvalue weighted by atomic mass is 79.9. The van der Waals surface area contributed by atoms with Crippen molar-refractivity contribution < 1.29 is 19.1 Å². The monoisotopic (exact) mass is 446 g/mol. The number of nitrogens with zero attached hydrogens (tertiary/aromatic N) is 2. The molecule has 2 aromatic carbocycles. The Balaban J connectivity index is 1.62. The molecule has 0 aromatic heterocycles. The van der Waals surface area contributed by atoms with E-state index in [1.54, 1.807) is 30.2 Å². The van der Waals surface area contributed by atoms with Crippen LogP contribution in [0, 0.1) is 0 Å². The van der Waals surface area contributed by atoms with Crippen molar-refractivity contribution in [2.75, 3.05) is 40.4 Å². The van der Waals surface area contributed by atoms with Crippen molar-refractivity contribution in [3.8, 4) is 11.5 Å². The Bertz CT molecular complexity index is 863. The average molecular weight is 447 g/mol. The molecule has 28 heavy (non-hydrogen) atoms. The van der Waals surface area contributed by atoms with E-state index < -0.39 is 0 Å². The molecule has 0 unspecified atom stereocenters. The topological polar surface area (TPSA) is 59.1 Å². The van der Waals surface area contributed by atoms with Gasteiger partial charge in [-0.3, -0.25) is 9.59 Å². The minimum absolute atomic E-state index is 0.0733. The lowest BCUT2D eigenvalue weighted by atomic mass is 10.1. The van der Waals surface area contributed by atoms with Crippen LogP contribution in [0.2, 0.25) is 0 Å². The fraction of sp³-hybridized carbons (Fsp3) is 0.333. The maximum Gasteiger partial charge on any atom is 0.257 e. The SMILES string of the molecule is COc1cccc(C(=O)N2CCN(C(=O)Cc3cccc(Br)c3)CC2)c1OC. The van der Waals surface area contributed by atoms with E-state index in [2.05, 4.69) is 15.9 Å². The van der Waals surface area contributed by atoms with Crippen LogP contribution in [0.1, 0.15) is 15.9 Å². The summed E-state index contributed by atoms with van der Waals surface area (Å²) >= 11 is 3.43. The van der Waals surface area contributed by atoms with E-state index in [0.29, 0.717) is 49.7 Å². The molecule has 0 saturated carbocycles. The van der Waals surface area contributed by atoms with Gasteiger partial charge in [0.05, 0.1) is 26.2 Å². The lowest BCUT2D eigenvalue weighted by Gasteiger charge is -2.35. The maximum atomic E-state index is 12.9. The summed E-state index contributed by atoms with van der Waals surface area (Å²) < 4.78 is 11.6. The van der Waals surface area contributed by atoms with E-state index in [0.717, 1.165) is 10.0 Å². The number of hydrogen-bond acceptors (Lipinski definition) is 4. The summed E-state index contributed by atoms with van der Waals surface area (Å²) in [5, 5.41) is 0. The first-order chi connectivity index (χ1) is 13.5. The van der Waals surface area contributed by atoms with Gasteiger partial charge in [0.2, 0.25) is 5.91 Å². The van der Waals surface area contributed by atoms with E-state index in [9.17, 15) is 9.59 Å². The zero-order valence-electron chi connectivity index (χ0n) is 16.0. The first-order valence-corrected chi connectivity index (χ1v) is 9.85. The summed E-state index contributed by atoms with van der Waals surface area (Å²) in [4.78, 5) is 29.1. The van der Waals surface area contributed by atoms with Gasteiger partial charge in [-0.2, -0.15) is 0 Å². The second kappa shape index (κ2) is 9.10. The van der Waals surface area contributed by atoms with Gasteiger partial charge < -0.3 is 19.3 Å². The van der Waals surface area contributed by atoms with Crippen LogP contribution in [0.25, 0.3) is 0 Å². The van der Waals surface area contributed by atoms with E-state index >= 15 is 0 Å². The first kappa shape index (κ1) is 20.2. The second-order valence-electron chi connectivity index (χ2n) is 6.52. The molecule has 2 amide bonds. The van der Waals surface area contributed by atoms with E-state index in [4.69, 9.17) is 9.47 Å². The van der Waals surface area contributed by atoms with Crippen LogP contribution in [0.5, 0.6) is 11.5 Å². The number of carbonyl (C=O) groups is 2. The summed E-state index contributed by atoms with van der Waals surface area (Å²) in [7, 11) is 3.06. The molecule has 1 saturated heterocycles. The molecular weight excluding hydrogens is 424 g/mol. The number of ether oxygens (including phenoxy) is 2. The molecule has 0 bridgehead atoms. The predicted octanol–water partition coefficient (Wildman–Crippen LogP) is 2.99. The molecule has 3 rings (SSSR count). The third-order valence-corrected chi connectivity index (χ3v) is 5.29. The number of halogens is 1. The minimum atomic E-state index is -0.116. The highest BCUT2D eigenvalue weighted by molar-refractivity contribution is 9.10. The maximum absolute atomic E-state index is 12.9. The Morgan fingerprint density at radius 3 is 2.29 bits per heavy atom. The lowest BCUT2D eigenvalue weighted by Crippen LogP contribution is -2.51. The van der Waals surface area contributed by atoms with Crippen LogP contribution >= 0.6 is 15.9 Å². The Kier molecular flexibility index (Phi) is 6.57. The number of hydrogen-bond donors (Lipinski definition) is 0. The molecular formula is C21H23BrN2O4. The summed E-state index contributed by atoms with van der Waals surface area (Å²) in [5.74, 6) is 0.915. The summed E-state index contributed by atoms with van der Waals surface area (Å²) in [6.07, 6.45) is 0.358. The lowest BCUT2D eigenvalue weighted by molar-refractivity contribution is -0.131. The third kappa shape index (κ3) is 4.47. The molecule has 148 valence electrons. The molecule has 0 spiro atoms. The number of piperazine rings is 1. The number of carbonyl (C=O) groups excluding carboxylic acids is 2. The quantitative estimate of drug-likeness (QED) is 0.708. The molecule has 0 radical (unpaired) electrons.